The van der Waals surface area contributed by atoms with Crippen LogP contribution in [0, 0.1) is 0 Å². The first-order chi connectivity index (χ1) is 11.0. The lowest BCUT2D eigenvalue weighted by atomic mass is 10.0. The number of aromatic nitrogens is 2. The Hall–Kier alpha value is -2.43. The smallest absolute Gasteiger partial charge is 0.254 e. The summed E-state index contributed by atoms with van der Waals surface area (Å²) in [5.41, 5.74) is 2.67. The average Bonchev–Trinajstić information content (AvgIpc) is 2.55. The van der Waals surface area contributed by atoms with Crippen molar-refractivity contribution < 1.29 is 4.79 Å². The molecule has 1 amide bonds. The van der Waals surface area contributed by atoms with Crippen molar-refractivity contribution in [1.29, 1.82) is 0 Å². The highest BCUT2D eigenvalue weighted by molar-refractivity contribution is 5.93. The minimum absolute atomic E-state index is 0.139. The molecule has 0 aliphatic carbocycles. The lowest BCUT2D eigenvalue weighted by molar-refractivity contribution is 0.0938. The summed E-state index contributed by atoms with van der Waals surface area (Å²) in [4.78, 5) is 20.4. The number of hydrogen-bond acceptors (Lipinski definition) is 4. The Morgan fingerprint density at radius 2 is 1.70 bits per heavy atom. The van der Waals surface area contributed by atoms with Gasteiger partial charge in [0.25, 0.3) is 5.91 Å². The highest BCUT2D eigenvalue weighted by Gasteiger charge is 2.09. The molecule has 1 aromatic heterocycles. The molecule has 5 nitrogen and oxygen atoms in total. The van der Waals surface area contributed by atoms with E-state index in [2.05, 4.69) is 46.6 Å². The number of nitrogens with zero attached hydrogens (tertiary/aromatic N) is 2. The Balaban J connectivity index is 2.00. The van der Waals surface area contributed by atoms with Gasteiger partial charge in [-0.05, 0) is 37.0 Å². The Kier molecular flexibility index (Phi) is 5.68. The van der Waals surface area contributed by atoms with Gasteiger partial charge in [-0.25, -0.2) is 9.97 Å². The molecule has 1 aromatic carbocycles. The van der Waals surface area contributed by atoms with Crippen LogP contribution in [0.5, 0.6) is 0 Å². The van der Waals surface area contributed by atoms with Gasteiger partial charge >= 0.3 is 0 Å². The molecule has 2 aromatic rings. The highest BCUT2D eigenvalue weighted by Crippen LogP contribution is 2.18. The number of anilines is 2. The minimum Gasteiger partial charge on any atom is -0.350 e. The zero-order valence-corrected chi connectivity index (χ0v) is 14.1. The summed E-state index contributed by atoms with van der Waals surface area (Å²) in [5.74, 6) is 0.832. The van der Waals surface area contributed by atoms with Crippen molar-refractivity contribution in [1.82, 2.24) is 15.3 Å². The molecule has 5 heteroatoms. The summed E-state index contributed by atoms with van der Waals surface area (Å²) in [6, 6.07) is 8.31. The monoisotopic (exact) mass is 312 g/mol. The molecule has 0 spiro atoms. The zero-order valence-electron chi connectivity index (χ0n) is 14.1. The molecule has 0 radical (unpaired) electrons. The van der Waals surface area contributed by atoms with Crippen LogP contribution in [0.3, 0.4) is 0 Å². The number of rotatable bonds is 6. The first-order valence-electron chi connectivity index (χ1n) is 7.99. The predicted molar refractivity (Wildman–Crippen MR) is 93.1 cm³/mol. The van der Waals surface area contributed by atoms with E-state index >= 15 is 0 Å². The van der Waals surface area contributed by atoms with Gasteiger partial charge in [-0.1, -0.05) is 32.9 Å². The van der Waals surface area contributed by atoms with Crippen molar-refractivity contribution in [2.75, 3.05) is 5.32 Å². The summed E-state index contributed by atoms with van der Waals surface area (Å²) in [6.07, 6.45) is 3.96. The van der Waals surface area contributed by atoms with Crippen LogP contribution in [0.25, 0.3) is 0 Å². The van der Waals surface area contributed by atoms with Gasteiger partial charge in [0, 0.05) is 24.1 Å². The topological polar surface area (TPSA) is 66.9 Å². The van der Waals surface area contributed by atoms with Crippen LogP contribution in [-0.2, 0) is 0 Å². The predicted octanol–water partition coefficient (Wildman–Crippen LogP) is 3.87. The Labute approximate surface area is 137 Å². The SMILES string of the molecule is CCC(C)NC(=O)c1cnc(Nc2ccc(C(C)C)cc2)nc1. The number of carbonyl (C=O) groups excluding carboxylic acids is 1. The molecule has 122 valence electrons. The largest absolute Gasteiger partial charge is 0.350 e. The molecule has 0 bridgehead atoms. The van der Waals surface area contributed by atoms with E-state index in [4.69, 9.17) is 0 Å². The van der Waals surface area contributed by atoms with E-state index in [0.717, 1.165) is 12.1 Å². The van der Waals surface area contributed by atoms with Crippen LogP contribution in [0.1, 0.15) is 56.0 Å². The minimum atomic E-state index is -0.146. The molecule has 0 aliphatic rings. The van der Waals surface area contributed by atoms with Crippen molar-refractivity contribution in [2.45, 2.75) is 46.1 Å². The molecule has 2 N–H and O–H groups in total. The molecule has 0 saturated heterocycles. The van der Waals surface area contributed by atoms with E-state index in [1.165, 1.54) is 18.0 Å². The fourth-order valence-electron chi connectivity index (χ4n) is 2.00. The van der Waals surface area contributed by atoms with E-state index in [1.54, 1.807) is 0 Å². The van der Waals surface area contributed by atoms with Crippen molar-refractivity contribution in [3.05, 3.63) is 47.8 Å². The van der Waals surface area contributed by atoms with Gasteiger partial charge in [0.2, 0.25) is 5.95 Å². The molecule has 0 saturated carbocycles. The maximum atomic E-state index is 12.0. The molecule has 1 heterocycles. The molecule has 0 aliphatic heterocycles. The van der Waals surface area contributed by atoms with Gasteiger partial charge in [-0.3, -0.25) is 4.79 Å². The summed E-state index contributed by atoms with van der Waals surface area (Å²) >= 11 is 0. The molecular weight excluding hydrogens is 288 g/mol. The fraction of sp³-hybridized carbons (Fsp3) is 0.389. The zero-order chi connectivity index (χ0) is 16.8. The number of nitrogens with one attached hydrogen (secondary N) is 2. The third-order valence-electron chi connectivity index (χ3n) is 3.74. The van der Waals surface area contributed by atoms with E-state index in [0.29, 0.717) is 17.4 Å². The second kappa shape index (κ2) is 7.72. The molecule has 0 fully saturated rings. The van der Waals surface area contributed by atoms with E-state index in [9.17, 15) is 4.79 Å². The number of hydrogen-bond donors (Lipinski definition) is 2. The van der Waals surface area contributed by atoms with Crippen LogP contribution < -0.4 is 10.6 Å². The number of benzene rings is 1. The standard InChI is InChI=1S/C18H24N4O/c1-5-13(4)21-17(23)15-10-19-18(20-11-15)22-16-8-6-14(7-9-16)12(2)3/h6-13H,5H2,1-4H3,(H,21,23)(H,19,20,22). The van der Waals surface area contributed by atoms with Gasteiger partial charge < -0.3 is 10.6 Å². The quantitative estimate of drug-likeness (QED) is 0.849. The lowest BCUT2D eigenvalue weighted by Crippen LogP contribution is -2.32. The molecule has 1 atom stereocenters. The van der Waals surface area contributed by atoms with E-state index in [-0.39, 0.29) is 11.9 Å². The number of carbonyl (C=O) groups is 1. The van der Waals surface area contributed by atoms with Crippen molar-refractivity contribution >= 4 is 17.5 Å². The van der Waals surface area contributed by atoms with Crippen LogP contribution >= 0.6 is 0 Å². The first-order valence-corrected chi connectivity index (χ1v) is 7.99. The summed E-state index contributed by atoms with van der Waals surface area (Å²) in [6.45, 7) is 8.32. The van der Waals surface area contributed by atoms with Gasteiger partial charge in [0.05, 0.1) is 5.56 Å². The van der Waals surface area contributed by atoms with Gasteiger partial charge in [-0.15, -0.1) is 0 Å². The van der Waals surface area contributed by atoms with Gasteiger partial charge in [0.1, 0.15) is 0 Å². The van der Waals surface area contributed by atoms with Crippen LogP contribution in [0.2, 0.25) is 0 Å². The van der Waals surface area contributed by atoms with Crippen LogP contribution in [0.15, 0.2) is 36.7 Å². The first kappa shape index (κ1) is 16.9. The lowest BCUT2D eigenvalue weighted by Gasteiger charge is -2.11. The maximum Gasteiger partial charge on any atom is 0.254 e. The molecule has 23 heavy (non-hydrogen) atoms. The van der Waals surface area contributed by atoms with E-state index < -0.39 is 0 Å². The second-order valence-electron chi connectivity index (χ2n) is 5.98. The van der Waals surface area contributed by atoms with Gasteiger partial charge in [0.15, 0.2) is 0 Å². The van der Waals surface area contributed by atoms with Gasteiger partial charge in [-0.2, -0.15) is 0 Å². The average molecular weight is 312 g/mol. The maximum absolute atomic E-state index is 12.0. The Bertz CT molecular complexity index is 635. The molecule has 2 rings (SSSR count). The Morgan fingerprint density at radius 3 is 2.22 bits per heavy atom. The third kappa shape index (κ3) is 4.77. The molecular formula is C18H24N4O. The summed E-state index contributed by atoms with van der Waals surface area (Å²) in [7, 11) is 0. The van der Waals surface area contributed by atoms with Crippen molar-refractivity contribution in [3.8, 4) is 0 Å². The fourth-order valence-corrected chi connectivity index (χ4v) is 2.00. The van der Waals surface area contributed by atoms with Crippen LogP contribution in [-0.4, -0.2) is 21.9 Å². The number of amides is 1. The van der Waals surface area contributed by atoms with Crippen LogP contribution in [0.4, 0.5) is 11.6 Å². The normalized spacial score (nSPS) is 12.0. The second-order valence-corrected chi connectivity index (χ2v) is 5.98. The summed E-state index contributed by atoms with van der Waals surface area (Å²) < 4.78 is 0. The Morgan fingerprint density at radius 1 is 1.09 bits per heavy atom. The van der Waals surface area contributed by atoms with Crippen molar-refractivity contribution in [2.24, 2.45) is 0 Å². The summed E-state index contributed by atoms with van der Waals surface area (Å²) in [5, 5.41) is 6.03. The highest BCUT2D eigenvalue weighted by atomic mass is 16.1. The molecule has 1 unspecified atom stereocenters. The van der Waals surface area contributed by atoms with Crippen molar-refractivity contribution in [3.63, 3.8) is 0 Å². The third-order valence-corrected chi connectivity index (χ3v) is 3.74. The van der Waals surface area contributed by atoms with E-state index in [1.807, 2.05) is 26.0 Å².